The standard InChI is InChI=1S/C24H39N3O5S2/c1-3-34(31,32)23-8-6-19(7-9-23)17-20-10-14-26(15-11-20)13-4-5-22-18-21(24(25)28)12-16-27(22)33(2,29)30/h6-9,20-22H,3-5,10-18H2,1-2H3,(H2,25,28). The highest BCUT2D eigenvalue weighted by atomic mass is 32.2. The summed E-state index contributed by atoms with van der Waals surface area (Å²) in [7, 11) is -6.45. The quantitative estimate of drug-likeness (QED) is 0.512. The molecule has 0 aliphatic carbocycles. The number of likely N-dealkylation sites (tertiary alicyclic amines) is 1. The van der Waals surface area contributed by atoms with E-state index in [1.54, 1.807) is 23.4 Å². The van der Waals surface area contributed by atoms with Gasteiger partial charge in [-0.25, -0.2) is 16.8 Å². The number of primary amides is 1. The average molecular weight is 514 g/mol. The Hall–Kier alpha value is -1.49. The first kappa shape index (κ1) is 27.1. The number of sulfone groups is 1. The zero-order valence-electron chi connectivity index (χ0n) is 20.4. The fraction of sp³-hybridized carbons (Fsp3) is 0.708. The van der Waals surface area contributed by atoms with E-state index >= 15 is 0 Å². The van der Waals surface area contributed by atoms with E-state index in [1.165, 1.54) is 11.8 Å². The van der Waals surface area contributed by atoms with Gasteiger partial charge in [0.05, 0.1) is 16.9 Å². The molecule has 0 radical (unpaired) electrons. The lowest BCUT2D eigenvalue weighted by Crippen LogP contribution is -2.48. The van der Waals surface area contributed by atoms with Crippen molar-refractivity contribution in [2.24, 2.45) is 17.6 Å². The fourth-order valence-electron chi connectivity index (χ4n) is 5.28. The molecule has 3 rings (SSSR count). The topological polar surface area (TPSA) is 118 Å². The predicted molar refractivity (Wildman–Crippen MR) is 134 cm³/mol. The number of carbonyl (C=O) groups excluding carboxylic acids is 1. The summed E-state index contributed by atoms with van der Waals surface area (Å²) in [5.74, 6) is 0.126. The van der Waals surface area contributed by atoms with Gasteiger partial charge in [0, 0.05) is 18.5 Å². The lowest BCUT2D eigenvalue weighted by Gasteiger charge is -2.37. The Morgan fingerprint density at radius 1 is 1.03 bits per heavy atom. The maximum absolute atomic E-state index is 12.2. The SMILES string of the molecule is CCS(=O)(=O)c1ccc(CC2CCN(CCCC3CC(C(N)=O)CCN3S(C)(=O)=O)CC2)cc1. The monoisotopic (exact) mass is 513 g/mol. The molecule has 2 heterocycles. The van der Waals surface area contributed by atoms with Crippen LogP contribution in [0, 0.1) is 11.8 Å². The second kappa shape index (κ2) is 11.5. The molecule has 8 nitrogen and oxygen atoms in total. The zero-order chi connectivity index (χ0) is 24.9. The number of benzene rings is 1. The number of rotatable bonds is 10. The summed E-state index contributed by atoms with van der Waals surface area (Å²) in [6.07, 6.45) is 7.04. The summed E-state index contributed by atoms with van der Waals surface area (Å²) in [6.45, 7) is 4.97. The van der Waals surface area contributed by atoms with Crippen LogP contribution in [0.2, 0.25) is 0 Å². The lowest BCUT2D eigenvalue weighted by molar-refractivity contribution is -0.123. The maximum atomic E-state index is 12.2. The number of nitrogens with two attached hydrogens (primary N) is 1. The van der Waals surface area contributed by atoms with Gasteiger partial charge in [0.15, 0.2) is 9.84 Å². The van der Waals surface area contributed by atoms with Gasteiger partial charge in [-0.1, -0.05) is 19.1 Å². The van der Waals surface area contributed by atoms with Crippen molar-refractivity contribution < 1.29 is 21.6 Å². The van der Waals surface area contributed by atoms with Gasteiger partial charge in [0.25, 0.3) is 0 Å². The molecular formula is C24H39N3O5S2. The Kier molecular flexibility index (Phi) is 9.16. The Morgan fingerprint density at radius 2 is 1.68 bits per heavy atom. The van der Waals surface area contributed by atoms with Crippen LogP contribution in [0.1, 0.15) is 51.0 Å². The highest BCUT2D eigenvalue weighted by molar-refractivity contribution is 7.91. The maximum Gasteiger partial charge on any atom is 0.220 e. The van der Waals surface area contributed by atoms with E-state index in [2.05, 4.69) is 4.90 Å². The molecule has 1 amide bonds. The molecule has 2 atom stereocenters. The summed E-state index contributed by atoms with van der Waals surface area (Å²) in [5.41, 5.74) is 6.67. The van der Waals surface area contributed by atoms with Crippen LogP contribution in [0.25, 0.3) is 0 Å². The minimum absolute atomic E-state index is 0.115. The first-order valence-electron chi connectivity index (χ1n) is 12.3. The molecule has 10 heteroatoms. The van der Waals surface area contributed by atoms with Crippen LogP contribution in [-0.4, -0.2) is 76.2 Å². The summed E-state index contributed by atoms with van der Waals surface area (Å²) in [5, 5.41) is 0. The summed E-state index contributed by atoms with van der Waals surface area (Å²) in [4.78, 5) is 14.5. The third kappa shape index (κ3) is 7.26. The number of nitrogens with zero attached hydrogens (tertiary/aromatic N) is 2. The second-order valence-electron chi connectivity index (χ2n) is 9.83. The van der Waals surface area contributed by atoms with E-state index < -0.39 is 19.9 Å². The number of hydrogen-bond donors (Lipinski definition) is 1. The van der Waals surface area contributed by atoms with Crippen molar-refractivity contribution in [1.82, 2.24) is 9.21 Å². The summed E-state index contributed by atoms with van der Waals surface area (Å²) in [6, 6.07) is 7.16. The molecule has 2 saturated heterocycles. The molecule has 34 heavy (non-hydrogen) atoms. The highest BCUT2D eigenvalue weighted by Crippen LogP contribution is 2.28. The van der Waals surface area contributed by atoms with Crippen molar-refractivity contribution in [2.75, 3.05) is 38.2 Å². The average Bonchev–Trinajstić information content (AvgIpc) is 2.80. The molecule has 0 bridgehead atoms. The van der Waals surface area contributed by atoms with Gasteiger partial charge in [0.2, 0.25) is 15.9 Å². The smallest absolute Gasteiger partial charge is 0.220 e. The molecule has 2 aliphatic rings. The number of hydrogen-bond acceptors (Lipinski definition) is 6. The molecule has 0 spiro atoms. The van der Waals surface area contributed by atoms with Crippen LogP contribution in [0.15, 0.2) is 29.2 Å². The van der Waals surface area contributed by atoms with E-state index in [-0.39, 0.29) is 23.6 Å². The molecule has 1 aromatic carbocycles. The lowest BCUT2D eigenvalue weighted by atomic mass is 9.89. The third-order valence-corrected chi connectivity index (χ3v) is 10.5. The molecule has 2 unspecified atom stereocenters. The first-order chi connectivity index (χ1) is 16.0. The molecule has 2 N–H and O–H groups in total. The van der Waals surface area contributed by atoms with Gasteiger partial charge >= 0.3 is 0 Å². The van der Waals surface area contributed by atoms with Gasteiger partial charge in [0.1, 0.15) is 0 Å². The van der Waals surface area contributed by atoms with E-state index in [9.17, 15) is 21.6 Å². The van der Waals surface area contributed by atoms with Gasteiger partial charge in [-0.3, -0.25) is 4.79 Å². The Morgan fingerprint density at radius 3 is 2.24 bits per heavy atom. The molecule has 1 aromatic rings. The van der Waals surface area contributed by atoms with Gasteiger partial charge in [-0.2, -0.15) is 4.31 Å². The number of carbonyl (C=O) groups is 1. The van der Waals surface area contributed by atoms with E-state index in [0.29, 0.717) is 30.2 Å². The van der Waals surface area contributed by atoms with E-state index in [4.69, 9.17) is 5.73 Å². The fourth-order valence-corrected chi connectivity index (χ4v) is 7.34. The number of piperidine rings is 2. The Balaban J connectivity index is 1.44. The van der Waals surface area contributed by atoms with Crippen LogP contribution < -0.4 is 5.73 Å². The Bertz CT molecular complexity index is 1030. The highest BCUT2D eigenvalue weighted by Gasteiger charge is 2.35. The van der Waals surface area contributed by atoms with Gasteiger partial charge < -0.3 is 10.6 Å². The van der Waals surface area contributed by atoms with Crippen molar-refractivity contribution in [2.45, 2.75) is 62.8 Å². The Labute approximate surface area is 204 Å². The minimum Gasteiger partial charge on any atom is -0.369 e. The largest absolute Gasteiger partial charge is 0.369 e. The first-order valence-corrected chi connectivity index (χ1v) is 15.8. The molecule has 2 aliphatic heterocycles. The predicted octanol–water partition coefficient (Wildman–Crippen LogP) is 2.04. The van der Waals surface area contributed by atoms with Crippen LogP contribution in [0.4, 0.5) is 0 Å². The van der Waals surface area contributed by atoms with Gasteiger partial charge in [-0.05, 0) is 88.2 Å². The minimum atomic E-state index is -3.29. The summed E-state index contributed by atoms with van der Waals surface area (Å²) >= 11 is 0. The van der Waals surface area contributed by atoms with Crippen LogP contribution in [-0.2, 0) is 31.1 Å². The van der Waals surface area contributed by atoms with Crippen molar-refractivity contribution in [3.8, 4) is 0 Å². The van der Waals surface area contributed by atoms with Crippen molar-refractivity contribution in [3.63, 3.8) is 0 Å². The second-order valence-corrected chi connectivity index (χ2v) is 14.0. The number of sulfonamides is 1. The van der Waals surface area contributed by atoms with E-state index in [0.717, 1.165) is 51.7 Å². The normalized spacial score (nSPS) is 23.7. The van der Waals surface area contributed by atoms with Crippen LogP contribution >= 0.6 is 0 Å². The third-order valence-electron chi connectivity index (χ3n) is 7.40. The van der Waals surface area contributed by atoms with Crippen molar-refractivity contribution in [3.05, 3.63) is 29.8 Å². The zero-order valence-corrected chi connectivity index (χ0v) is 22.0. The molecule has 192 valence electrons. The van der Waals surface area contributed by atoms with E-state index in [1.807, 2.05) is 12.1 Å². The van der Waals surface area contributed by atoms with Crippen LogP contribution in [0.5, 0.6) is 0 Å². The summed E-state index contributed by atoms with van der Waals surface area (Å²) < 4.78 is 49.9. The van der Waals surface area contributed by atoms with Gasteiger partial charge in [-0.15, -0.1) is 0 Å². The van der Waals surface area contributed by atoms with Crippen LogP contribution in [0.3, 0.4) is 0 Å². The molecule has 0 aromatic heterocycles. The van der Waals surface area contributed by atoms with Crippen molar-refractivity contribution in [1.29, 1.82) is 0 Å². The molecular weight excluding hydrogens is 474 g/mol. The number of amides is 1. The van der Waals surface area contributed by atoms with Crippen molar-refractivity contribution >= 4 is 25.8 Å². The molecule has 0 saturated carbocycles. The molecule has 2 fully saturated rings.